The lowest BCUT2D eigenvalue weighted by molar-refractivity contribution is 1.46. The molecular formula is C13H12BrN. The first-order valence-corrected chi connectivity index (χ1v) is 5.59. The van der Waals surface area contributed by atoms with E-state index in [1.807, 2.05) is 37.3 Å². The fraction of sp³-hybridized carbons (Fsp3) is 0.0769. The van der Waals surface area contributed by atoms with Gasteiger partial charge >= 0.3 is 0 Å². The summed E-state index contributed by atoms with van der Waals surface area (Å²) in [6, 6.07) is 14.3. The topological polar surface area (TPSA) is 26.0 Å². The van der Waals surface area contributed by atoms with Crippen molar-refractivity contribution in [3.63, 3.8) is 0 Å². The Kier molecular flexibility index (Phi) is 2.78. The van der Waals surface area contributed by atoms with Gasteiger partial charge in [-0.15, -0.1) is 0 Å². The lowest BCUT2D eigenvalue weighted by atomic mass is 10.0. The van der Waals surface area contributed by atoms with Gasteiger partial charge in [-0.05, 0) is 41.8 Å². The summed E-state index contributed by atoms with van der Waals surface area (Å²) in [5.41, 5.74) is 10.1. The number of halogens is 1. The van der Waals surface area contributed by atoms with E-state index in [-0.39, 0.29) is 0 Å². The van der Waals surface area contributed by atoms with E-state index in [1.54, 1.807) is 0 Å². The predicted molar refractivity (Wildman–Crippen MR) is 68.7 cm³/mol. The standard InChI is InChI=1S/C13H12BrN/c1-9-8-10(6-7-13(9)15)11-4-2-3-5-12(11)14/h2-8H,15H2,1H3. The molecule has 15 heavy (non-hydrogen) atoms. The Morgan fingerprint density at radius 3 is 2.47 bits per heavy atom. The molecule has 0 radical (unpaired) electrons. The summed E-state index contributed by atoms with van der Waals surface area (Å²) < 4.78 is 1.11. The van der Waals surface area contributed by atoms with Gasteiger partial charge in [0.2, 0.25) is 0 Å². The lowest BCUT2D eigenvalue weighted by Crippen LogP contribution is -1.89. The van der Waals surface area contributed by atoms with E-state index in [0.29, 0.717) is 0 Å². The van der Waals surface area contributed by atoms with Crippen molar-refractivity contribution in [1.82, 2.24) is 0 Å². The maximum atomic E-state index is 5.79. The minimum Gasteiger partial charge on any atom is -0.399 e. The highest BCUT2D eigenvalue weighted by molar-refractivity contribution is 9.10. The molecule has 0 aliphatic rings. The number of aryl methyl sites for hydroxylation is 1. The van der Waals surface area contributed by atoms with Crippen molar-refractivity contribution in [1.29, 1.82) is 0 Å². The molecule has 0 saturated heterocycles. The monoisotopic (exact) mass is 261 g/mol. The van der Waals surface area contributed by atoms with Crippen molar-refractivity contribution in [3.8, 4) is 11.1 Å². The number of nitrogen functional groups attached to an aromatic ring is 1. The zero-order valence-corrected chi connectivity index (χ0v) is 10.1. The Labute approximate surface area is 98.1 Å². The zero-order valence-electron chi connectivity index (χ0n) is 8.50. The van der Waals surface area contributed by atoms with Gasteiger partial charge < -0.3 is 5.73 Å². The molecule has 0 atom stereocenters. The molecule has 0 aliphatic heterocycles. The summed E-state index contributed by atoms with van der Waals surface area (Å²) in [5, 5.41) is 0. The minimum absolute atomic E-state index is 0.839. The molecule has 2 aromatic carbocycles. The largest absolute Gasteiger partial charge is 0.399 e. The number of benzene rings is 2. The average molecular weight is 262 g/mol. The molecule has 0 aromatic heterocycles. The van der Waals surface area contributed by atoms with Gasteiger partial charge in [0.1, 0.15) is 0 Å². The Bertz CT molecular complexity index is 492. The third kappa shape index (κ3) is 2.05. The van der Waals surface area contributed by atoms with Gasteiger partial charge in [0.05, 0.1) is 0 Å². The van der Waals surface area contributed by atoms with Crippen LogP contribution in [0.25, 0.3) is 11.1 Å². The van der Waals surface area contributed by atoms with E-state index in [2.05, 4.69) is 28.1 Å². The van der Waals surface area contributed by atoms with Crippen LogP contribution in [0.4, 0.5) is 5.69 Å². The van der Waals surface area contributed by atoms with Gasteiger partial charge in [-0.2, -0.15) is 0 Å². The Balaban J connectivity index is 2.55. The molecule has 0 unspecified atom stereocenters. The molecule has 0 aliphatic carbocycles. The number of hydrogen-bond acceptors (Lipinski definition) is 1. The number of hydrogen-bond donors (Lipinski definition) is 1. The first-order chi connectivity index (χ1) is 7.18. The third-order valence-electron chi connectivity index (χ3n) is 2.45. The van der Waals surface area contributed by atoms with Crippen LogP contribution in [0.15, 0.2) is 46.9 Å². The van der Waals surface area contributed by atoms with Gasteiger partial charge in [-0.25, -0.2) is 0 Å². The molecule has 2 heteroatoms. The number of anilines is 1. The predicted octanol–water partition coefficient (Wildman–Crippen LogP) is 4.01. The average Bonchev–Trinajstić information content (AvgIpc) is 2.23. The fourth-order valence-corrected chi connectivity index (χ4v) is 2.05. The minimum atomic E-state index is 0.839. The molecule has 1 nitrogen and oxygen atoms in total. The second-order valence-electron chi connectivity index (χ2n) is 3.55. The quantitative estimate of drug-likeness (QED) is 0.772. The van der Waals surface area contributed by atoms with Crippen molar-refractivity contribution in [2.45, 2.75) is 6.92 Å². The summed E-state index contributed by atoms with van der Waals surface area (Å²) in [4.78, 5) is 0. The van der Waals surface area contributed by atoms with Crippen molar-refractivity contribution in [3.05, 3.63) is 52.5 Å². The van der Waals surface area contributed by atoms with Crippen LogP contribution in [0.1, 0.15) is 5.56 Å². The summed E-state index contributed by atoms with van der Waals surface area (Å²) in [5.74, 6) is 0. The molecule has 0 heterocycles. The van der Waals surface area contributed by atoms with Crippen LogP contribution in [0, 0.1) is 6.92 Å². The van der Waals surface area contributed by atoms with Crippen LogP contribution in [0.5, 0.6) is 0 Å². The summed E-state index contributed by atoms with van der Waals surface area (Å²) in [6.07, 6.45) is 0. The third-order valence-corrected chi connectivity index (χ3v) is 3.15. The molecular weight excluding hydrogens is 250 g/mol. The van der Waals surface area contributed by atoms with E-state index in [0.717, 1.165) is 15.7 Å². The molecule has 2 aromatic rings. The molecule has 0 spiro atoms. The highest BCUT2D eigenvalue weighted by Crippen LogP contribution is 2.29. The molecule has 0 saturated carbocycles. The van der Waals surface area contributed by atoms with E-state index >= 15 is 0 Å². The lowest BCUT2D eigenvalue weighted by Gasteiger charge is -2.07. The van der Waals surface area contributed by atoms with Crippen LogP contribution >= 0.6 is 15.9 Å². The van der Waals surface area contributed by atoms with Gasteiger partial charge in [0.15, 0.2) is 0 Å². The van der Waals surface area contributed by atoms with Crippen molar-refractivity contribution in [2.75, 3.05) is 5.73 Å². The van der Waals surface area contributed by atoms with E-state index in [1.165, 1.54) is 11.1 Å². The van der Waals surface area contributed by atoms with Crippen molar-refractivity contribution < 1.29 is 0 Å². The molecule has 2 rings (SSSR count). The fourth-order valence-electron chi connectivity index (χ4n) is 1.54. The number of rotatable bonds is 1. The van der Waals surface area contributed by atoms with E-state index < -0.39 is 0 Å². The Morgan fingerprint density at radius 1 is 1.07 bits per heavy atom. The summed E-state index contributed by atoms with van der Waals surface area (Å²) in [7, 11) is 0. The van der Waals surface area contributed by atoms with E-state index in [9.17, 15) is 0 Å². The second kappa shape index (κ2) is 4.07. The van der Waals surface area contributed by atoms with Crippen LogP contribution in [0.3, 0.4) is 0 Å². The van der Waals surface area contributed by atoms with Gasteiger partial charge in [-0.1, -0.05) is 40.2 Å². The van der Waals surface area contributed by atoms with Gasteiger partial charge in [-0.3, -0.25) is 0 Å². The molecule has 0 amide bonds. The van der Waals surface area contributed by atoms with Crippen molar-refractivity contribution in [2.24, 2.45) is 0 Å². The normalized spacial score (nSPS) is 10.3. The maximum absolute atomic E-state index is 5.79. The highest BCUT2D eigenvalue weighted by Gasteiger charge is 2.03. The van der Waals surface area contributed by atoms with Crippen LogP contribution < -0.4 is 5.73 Å². The zero-order chi connectivity index (χ0) is 10.8. The molecule has 2 N–H and O–H groups in total. The molecule has 76 valence electrons. The Morgan fingerprint density at radius 2 is 1.80 bits per heavy atom. The van der Waals surface area contributed by atoms with E-state index in [4.69, 9.17) is 5.73 Å². The van der Waals surface area contributed by atoms with Crippen molar-refractivity contribution >= 4 is 21.6 Å². The molecule has 0 bridgehead atoms. The van der Waals surface area contributed by atoms with Crippen LogP contribution in [-0.4, -0.2) is 0 Å². The molecule has 0 fully saturated rings. The Hall–Kier alpha value is -1.28. The summed E-state index contributed by atoms with van der Waals surface area (Å²) in [6.45, 7) is 2.02. The number of nitrogens with two attached hydrogens (primary N) is 1. The highest BCUT2D eigenvalue weighted by atomic mass is 79.9. The second-order valence-corrected chi connectivity index (χ2v) is 4.41. The van der Waals surface area contributed by atoms with Gasteiger partial charge in [0.25, 0.3) is 0 Å². The van der Waals surface area contributed by atoms with Crippen LogP contribution in [-0.2, 0) is 0 Å². The first-order valence-electron chi connectivity index (χ1n) is 4.79. The maximum Gasteiger partial charge on any atom is 0.0344 e. The van der Waals surface area contributed by atoms with Gasteiger partial charge in [0, 0.05) is 10.2 Å². The first kappa shape index (κ1) is 10.2. The SMILES string of the molecule is Cc1cc(-c2ccccc2Br)ccc1N. The van der Waals surface area contributed by atoms with Crippen LogP contribution in [0.2, 0.25) is 0 Å². The smallest absolute Gasteiger partial charge is 0.0344 e. The summed E-state index contributed by atoms with van der Waals surface area (Å²) >= 11 is 3.54.